The SMILES string of the molecule is CCN=C(NC(C)CCCC(C)C)N(C)C. The van der Waals surface area contributed by atoms with Crippen molar-refractivity contribution in [2.24, 2.45) is 10.9 Å². The highest BCUT2D eigenvalue weighted by atomic mass is 15.3. The summed E-state index contributed by atoms with van der Waals surface area (Å²) in [6.07, 6.45) is 3.82. The van der Waals surface area contributed by atoms with Crippen LogP contribution in [0.5, 0.6) is 0 Å². The van der Waals surface area contributed by atoms with Gasteiger partial charge in [0, 0.05) is 26.7 Å². The van der Waals surface area contributed by atoms with Gasteiger partial charge in [-0.05, 0) is 26.2 Å². The largest absolute Gasteiger partial charge is 0.354 e. The first kappa shape index (κ1) is 15.3. The van der Waals surface area contributed by atoms with E-state index in [1.54, 1.807) is 0 Å². The van der Waals surface area contributed by atoms with E-state index >= 15 is 0 Å². The van der Waals surface area contributed by atoms with E-state index in [2.05, 4.69) is 38.0 Å². The number of guanidine groups is 1. The Hall–Kier alpha value is -0.730. The maximum absolute atomic E-state index is 4.44. The summed E-state index contributed by atoms with van der Waals surface area (Å²) < 4.78 is 0. The van der Waals surface area contributed by atoms with Crippen LogP contribution in [-0.2, 0) is 0 Å². The Morgan fingerprint density at radius 3 is 2.25 bits per heavy atom. The molecule has 0 bridgehead atoms. The Bertz CT molecular complexity index is 197. The number of aliphatic imine (C=N–C) groups is 1. The third-order valence-corrected chi connectivity index (χ3v) is 2.53. The van der Waals surface area contributed by atoms with Gasteiger partial charge in [0.2, 0.25) is 0 Å². The zero-order valence-electron chi connectivity index (χ0n) is 11.9. The second-order valence-electron chi connectivity index (χ2n) is 5.06. The lowest BCUT2D eigenvalue weighted by Crippen LogP contribution is -2.41. The van der Waals surface area contributed by atoms with Gasteiger partial charge >= 0.3 is 0 Å². The van der Waals surface area contributed by atoms with Crippen LogP contribution in [0.15, 0.2) is 4.99 Å². The van der Waals surface area contributed by atoms with Gasteiger partial charge in [0.25, 0.3) is 0 Å². The monoisotopic (exact) mass is 227 g/mol. The highest BCUT2D eigenvalue weighted by Crippen LogP contribution is 2.08. The molecule has 1 unspecified atom stereocenters. The molecule has 0 spiro atoms. The van der Waals surface area contributed by atoms with Crippen molar-refractivity contribution < 1.29 is 0 Å². The first-order chi connectivity index (χ1) is 7.47. The molecular formula is C13H29N3. The summed E-state index contributed by atoms with van der Waals surface area (Å²) in [6.45, 7) is 9.69. The number of hydrogen-bond acceptors (Lipinski definition) is 1. The summed E-state index contributed by atoms with van der Waals surface area (Å²) in [6, 6.07) is 0.506. The molecule has 1 N–H and O–H groups in total. The highest BCUT2D eigenvalue weighted by molar-refractivity contribution is 5.79. The first-order valence-electron chi connectivity index (χ1n) is 6.45. The molecule has 0 fully saturated rings. The summed E-state index contributed by atoms with van der Waals surface area (Å²) in [5, 5.41) is 3.47. The molecule has 3 heteroatoms. The van der Waals surface area contributed by atoms with E-state index < -0.39 is 0 Å². The Morgan fingerprint density at radius 2 is 1.81 bits per heavy atom. The molecule has 96 valence electrons. The summed E-state index contributed by atoms with van der Waals surface area (Å²) in [4.78, 5) is 6.48. The molecule has 0 aliphatic rings. The van der Waals surface area contributed by atoms with Crippen LogP contribution in [0.1, 0.15) is 47.0 Å². The van der Waals surface area contributed by atoms with Crippen molar-refractivity contribution in [3.63, 3.8) is 0 Å². The lowest BCUT2D eigenvalue weighted by Gasteiger charge is -2.22. The maximum atomic E-state index is 4.44. The minimum Gasteiger partial charge on any atom is -0.354 e. The zero-order chi connectivity index (χ0) is 12.6. The smallest absolute Gasteiger partial charge is 0.193 e. The maximum Gasteiger partial charge on any atom is 0.193 e. The van der Waals surface area contributed by atoms with Crippen LogP contribution in [0.4, 0.5) is 0 Å². The van der Waals surface area contributed by atoms with Crippen LogP contribution >= 0.6 is 0 Å². The van der Waals surface area contributed by atoms with E-state index in [1.807, 2.05) is 19.0 Å². The topological polar surface area (TPSA) is 27.6 Å². The van der Waals surface area contributed by atoms with Crippen molar-refractivity contribution in [3.05, 3.63) is 0 Å². The van der Waals surface area contributed by atoms with Crippen LogP contribution in [-0.4, -0.2) is 37.5 Å². The molecule has 1 atom stereocenters. The normalized spacial score (nSPS) is 14.1. The standard InChI is InChI=1S/C13H29N3/c1-7-14-13(16(5)6)15-12(4)10-8-9-11(2)3/h11-12H,7-10H2,1-6H3,(H,14,15). The van der Waals surface area contributed by atoms with Crippen LogP contribution in [0.3, 0.4) is 0 Å². The minimum atomic E-state index is 0.506. The lowest BCUT2D eigenvalue weighted by molar-refractivity contribution is 0.476. The fraction of sp³-hybridized carbons (Fsp3) is 0.923. The van der Waals surface area contributed by atoms with Crippen LogP contribution in [0.2, 0.25) is 0 Å². The number of nitrogens with zero attached hydrogens (tertiary/aromatic N) is 2. The van der Waals surface area contributed by atoms with Gasteiger partial charge in [-0.2, -0.15) is 0 Å². The number of hydrogen-bond donors (Lipinski definition) is 1. The predicted molar refractivity (Wildman–Crippen MR) is 72.9 cm³/mol. The zero-order valence-corrected chi connectivity index (χ0v) is 11.9. The van der Waals surface area contributed by atoms with E-state index in [-0.39, 0.29) is 0 Å². The van der Waals surface area contributed by atoms with E-state index in [0.717, 1.165) is 18.4 Å². The second-order valence-corrected chi connectivity index (χ2v) is 5.06. The van der Waals surface area contributed by atoms with E-state index in [0.29, 0.717) is 6.04 Å². The third-order valence-electron chi connectivity index (χ3n) is 2.53. The Balaban J connectivity index is 3.91. The van der Waals surface area contributed by atoms with E-state index in [4.69, 9.17) is 0 Å². The summed E-state index contributed by atoms with van der Waals surface area (Å²) >= 11 is 0. The van der Waals surface area contributed by atoms with Gasteiger partial charge < -0.3 is 10.2 Å². The molecule has 0 radical (unpaired) electrons. The van der Waals surface area contributed by atoms with Gasteiger partial charge in [-0.3, -0.25) is 4.99 Å². The third kappa shape index (κ3) is 7.55. The molecule has 0 rings (SSSR count). The van der Waals surface area contributed by atoms with Gasteiger partial charge in [0.05, 0.1) is 0 Å². The van der Waals surface area contributed by atoms with E-state index in [9.17, 15) is 0 Å². The van der Waals surface area contributed by atoms with E-state index in [1.165, 1.54) is 19.3 Å². The summed E-state index contributed by atoms with van der Waals surface area (Å²) in [7, 11) is 4.06. The Labute approximate surface area is 101 Å². The minimum absolute atomic E-state index is 0.506. The fourth-order valence-electron chi connectivity index (χ4n) is 1.59. The van der Waals surface area contributed by atoms with Gasteiger partial charge in [-0.1, -0.05) is 26.7 Å². The summed E-state index contributed by atoms with van der Waals surface area (Å²) in [5.74, 6) is 1.81. The van der Waals surface area contributed by atoms with Gasteiger partial charge in [0.15, 0.2) is 5.96 Å². The summed E-state index contributed by atoms with van der Waals surface area (Å²) in [5.41, 5.74) is 0. The van der Waals surface area contributed by atoms with Crippen LogP contribution in [0.25, 0.3) is 0 Å². The first-order valence-corrected chi connectivity index (χ1v) is 6.45. The Kier molecular flexibility index (Phi) is 8.04. The molecule has 0 saturated carbocycles. The predicted octanol–water partition coefficient (Wildman–Crippen LogP) is 2.73. The molecule has 16 heavy (non-hydrogen) atoms. The number of nitrogens with one attached hydrogen (secondary N) is 1. The van der Waals surface area contributed by atoms with Crippen molar-refractivity contribution in [3.8, 4) is 0 Å². The van der Waals surface area contributed by atoms with Crippen LogP contribution < -0.4 is 5.32 Å². The molecule has 3 nitrogen and oxygen atoms in total. The molecule has 0 aromatic rings. The molecule has 0 saturated heterocycles. The van der Waals surface area contributed by atoms with Crippen LogP contribution in [0, 0.1) is 5.92 Å². The quantitative estimate of drug-likeness (QED) is 0.558. The average molecular weight is 227 g/mol. The van der Waals surface area contributed by atoms with Gasteiger partial charge in [-0.25, -0.2) is 0 Å². The molecule has 0 aliphatic carbocycles. The molecule has 0 aromatic carbocycles. The highest BCUT2D eigenvalue weighted by Gasteiger charge is 2.07. The lowest BCUT2D eigenvalue weighted by atomic mass is 10.0. The van der Waals surface area contributed by atoms with Gasteiger partial charge in [-0.15, -0.1) is 0 Å². The van der Waals surface area contributed by atoms with Crippen molar-refractivity contribution in [1.29, 1.82) is 0 Å². The Morgan fingerprint density at radius 1 is 1.19 bits per heavy atom. The molecular weight excluding hydrogens is 198 g/mol. The van der Waals surface area contributed by atoms with Crippen molar-refractivity contribution >= 4 is 5.96 Å². The van der Waals surface area contributed by atoms with Crippen molar-refractivity contribution in [2.75, 3.05) is 20.6 Å². The molecule has 0 aromatic heterocycles. The average Bonchev–Trinajstić information content (AvgIpc) is 2.16. The fourth-order valence-corrected chi connectivity index (χ4v) is 1.59. The number of rotatable bonds is 6. The molecule has 0 heterocycles. The molecule has 0 amide bonds. The van der Waals surface area contributed by atoms with Crippen molar-refractivity contribution in [2.45, 2.75) is 53.0 Å². The van der Waals surface area contributed by atoms with Gasteiger partial charge in [0.1, 0.15) is 0 Å². The second kappa shape index (κ2) is 8.43. The van der Waals surface area contributed by atoms with Crippen molar-refractivity contribution in [1.82, 2.24) is 10.2 Å². The molecule has 0 aliphatic heterocycles.